The van der Waals surface area contributed by atoms with Crippen LogP contribution < -0.4 is 0 Å². The second-order valence-corrected chi connectivity index (χ2v) is 6.48. The summed E-state index contributed by atoms with van der Waals surface area (Å²) in [7, 11) is 1.91. The van der Waals surface area contributed by atoms with E-state index < -0.39 is 0 Å². The Labute approximate surface area is 138 Å². The number of hydrogen-bond donors (Lipinski definition) is 0. The molecule has 0 fully saturated rings. The van der Waals surface area contributed by atoms with Crippen LogP contribution in [0, 0.1) is 0 Å². The van der Waals surface area contributed by atoms with E-state index in [1.807, 2.05) is 35.8 Å². The Hall–Kier alpha value is -2.47. The zero-order chi connectivity index (χ0) is 15.8. The second kappa shape index (κ2) is 5.62. The van der Waals surface area contributed by atoms with Gasteiger partial charge in [0.15, 0.2) is 0 Å². The van der Waals surface area contributed by atoms with Gasteiger partial charge in [-0.3, -0.25) is 9.48 Å². The Balaban J connectivity index is 1.72. The van der Waals surface area contributed by atoms with Crippen LogP contribution in [0.25, 0.3) is 0 Å². The molecule has 0 radical (unpaired) electrons. The molecule has 5 nitrogen and oxygen atoms in total. The highest BCUT2D eigenvalue weighted by atomic mass is 32.1. The summed E-state index contributed by atoms with van der Waals surface area (Å²) < 4.78 is 1.80. The fourth-order valence-electron chi connectivity index (χ4n) is 3.15. The summed E-state index contributed by atoms with van der Waals surface area (Å²) in [6, 6.07) is 8.33. The van der Waals surface area contributed by atoms with Crippen LogP contribution in [0.4, 0.5) is 0 Å². The van der Waals surface area contributed by atoms with Crippen molar-refractivity contribution in [3.8, 4) is 0 Å². The number of aryl methyl sites for hydroxylation is 1. The van der Waals surface area contributed by atoms with Gasteiger partial charge in [-0.05, 0) is 16.7 Å². The van der Waals surface area contributed by atoms with E-state index in [4.69, 9.17) is 0 Å². The van der Waals surface area contributed by atoms with E-state index in [1.165, 1.54) is 22.5 Å². The van der Waals surface area contributed by atoms with Crippen molar-refractivity contribution in [3.05, 3.63) is 69.9 Å². The van der Waals surface area contributed by atoms with Gasteiger partial charge in [-0.25, -0.2) is 4.98 Å². The summed E-state index contributed by atoms with van der Waals surface area (Å²) in [6.07, 6.45) is 3.91. The molecule has 1 atom stereocenters. The minimum Gasteiger partial charge on any atom is -0.332 e. The number of rotatable bonds is 2. The number of carbonyl (C=O) groups excluding carboxylic acids is 1. The number of fused-ring (bicyclic) bond motifs is 1. The Bertz CT molecular complexity index is 840. The molecule has 0 saturated carbocycles. The highest BCUT2D eigenvalue weighted by Gasteiger charge is 2.30. The van der Waals surface area contributed by atoms with Crippen LogP contribution in [0.3, 0.4) is 0 Å². The Morgan fingerprint density at radius 2 is 2.22 bits per heavy atom. The van der Waals surface area contributed by atoms with Gasteiger partial charge >= 0.3 is 0 Å². The maximum atomic E-state index is 12.7. The summed E-state index contributed by atoms with van der Waals surface area (Å²) in [5, 5.41) is 6.09. The first-order valence-electron chi connectivity index (χ1n) is 7.46. The van der Waals surface area contributed by atoms with Crippen molar-refractivity contribution in [1.82, 2.24) is 19.7 Å². The number of carbonyl (C=O) groups is 1. The van der Waals surface area contributed by atoms with Crippen LogP contribution in [-0.4, -0.2) is 32.1 Å². The number of amides is 1. The maximum absolute atomic E-state index is 12.7. The van der Waals surface area contributed by atoms with E-state index in [0.717, 1.165) is 5.56 Å². The Kier molecular flexibility index (Phi) is 3.46. The van der Waals surface area contributed by atoms with Crippen molar-refractivity contribution < 1.29 is 4.79 Å². The SMILES string of the molecule is Cn1cc([C@H]2CN(C(=O)c3cscn3)Cc3ccccc32)cn1. The Morgan fingerprint density at radius 3 is 2.96 bits per heavy atom. The van der Waals surface area contributed by atoms with E-state index in [2.05, 4.69) is 28.3 Å². The van der Waals surface area contributed by atoms with Gasteiger partial charge in [0.25, 0.3) is 5.91 Å². The van der Waals surface area contributed by atoms with Gasteiger partial charge in [0.05, 0.1) is 11.7 Å². The second-order valence-electron chi connectivity index (χ2n) is 5.76. The molecule has 0 unspecified atom stereocenters. The first kappa shape index (κ1) is 14.1. The van der Waals surface area contributed by atoms with Crippen LogP contribution in [0.15, 0.2) is 47.5 Å². The molecule has 3 aromatic rings. The van der Waals surface area contributed by atoms with Crippen molar-refractivity contribution in [2.24, 2.45) is 7.05 Å². The van der Waals surface area contributed by atoms with Crippen molar-refractivity contribution in [2.75, 3.05) is 6.54 Å². The molecule has 116 valence electrons. The van der Waals surface area contributed by atoms with Gasteiger partial charge in [-0.15, -0.1) is 11.3 Å². The lowest BCUT2D eigenvalue weighted by molar-refractivity contribution is 0.0720. The van der Waals surface area contributed by atoms with Gasteiger partial charge in [-0.2, -0.15) is 5.10 Å². The maximum Gasteiger partial charge on any atom is 0.273 e. The number of nitrogens with zero attached hydrogens (tertiary/aromatic N) is 4. The molecule has 0 bridgehead atoms. The van der Waals surface area contributed by atoms with Gasteiger partial charge in [0.1, 0.15) is 5.69 Å². The summed E-state index contributed by atoms with van der Waals surface area (Å²) in [4.78, 5) is 18.7. The zero-order valence-electron chi connectivity index (χ0n) is 12.7. The normalized spacial score (nSPS) is 17.1. The van der Waals surface area contributed by atoms with E-state index in [-0.39, 0.29) is 11.8 Å². The molecular formula is C17H16N4OS. The fourth-order valence-corrected chi connectivity index (χ4v) is 3.67. The molecule has 6 heteroatoms. The number of benzene rings is 1. The zero-order valence-corrected chi connectivity index (χ0v) is 13.5. The molecule has 0 N–H and O–H groups in total. The molecule has 2 aromatic heterocycles. The van der Waals surface area contributed by atoms with Crippen LogP contribution >= 0.6 is 11.3 Å². The summed E-state index contributed by atoms with van der Waals surface area (Å²) >= 11 is 1.45. The molecule has 23 heavy (non-hydrogen) atoms. The first-order chi connectivity index (χ1) is 11.2. The highest BCUT2D eigenvalue weighted by molar-refractivity contribution is 7.07. The standard InChI is InChI=1S/C17H16N4OS/c1-20-7-13(6-19-20)15-9-21(17(22)16-10-23-11-18-16)8-12-4-2-3-5-14(12)15/h2-7,10-11,15H,8-9H2,1H3/t15-/m1/s1. The predicted molar refractivity (Wildman–Crippen MR) is 88.3 cm³/mol. The molecule has 0 aliphatic carbocycles. The molecular weight excluding hydrogens is 308 g/mol. The van der Waals surface area contributed by atoms with E-state index >= 15 is 0 Å². The largest absolute Gasteiger partial charge is 0.332 e. The van der Waals surface area contributed by atoms with Crippen molar-refractivity contribution in [1.29, 1.82) is 0 Å². The van der Waals surface area contributed by atoms with E-state index in [9.17, 15) is 4.79 Å². The predicted octanol–water partition coefficient (Wildman–Crippen LogP) is 2.66. The molecule has 1 aliphatic heterocycles. The monoisotopic (exact) mass is 324 g/mol. The molecule has 1 aliphatic rings. The van der Waals surface area contributed by atoms with Crippen molar-refractivity contribution in [2.45, 2.75) is 12.5 Å². The van der Waals surface area contributed by atoms with Gasteiger partial charge in [-0.1, -0.05) is 24.3 Å². The third kappa shape index (κ3) is 2.55. The molecule has 3 heterocycles. The summed E-state index contributed by atoms with van der Waals surface area (Å²) in [6.45, 7) is 1.28. The van der Waals surface area contributed by atoms with Crippen LogP contribution in [0.5, 0.6) is 0 Å². The average molecular weight is 324 g/mol. The third-order valence-electron chi connectivity index (χ3n) is 4.26. The first-order valence-corrected chi connectivity index (χ1v) is 8.40. The lowest BCUT2D eigenvalue weighted by Crippen LogP contribution is -2.38. The highest BCUT2D eigenvalue weighted by Crippen LogP contribution is 2.33. The smallest absolute Gasteiger partial charge is 0.273 e. The van der Waals surface area contributed by atoms with Crippen LogP contribution in [0.2, 0.25) is 0 Å². The lowest BCUT2D eigenvalue weighted by atomic mass is 9.86. The number of hydrogen-bond acceptors (Lipinski definition) is 4. The summed E-state index contributed by atoms with van der Waals surface area (Å²) in [5.74, 6) is 0.144. The van der Waals surface area contributed by atoms with Crippen molar-refractivity contribution >= 4 is 17.2 Å². The number of thiazole rings is 1. The topological polar surface area (TPSA) is 51.0 Å². The Morgan fingerprint density at radius 1 is 1.35 bits per heavy atom. The summed E-state index contributed by atoms with van der Waals surface area (Å²) in [5.41, 5.74) is 5.83. The van der Waals surface area contributed by atoms with Crippen molar-refractivity contribution in [3.63, 3.8) is 0 Å². The quantitative estimate of drug-likeness (QED) is 0.728. The van der Waals surface area contributed by atoms with Crippen LogP contribution in [-0.2, 0) is 13.6 Å². The fraction of sp³-hybridized carbons (Fsp3) is 0.235. The molecule has 1 aromatic carbocycles. The van der Waals surface area contributed by atoms with E-state index in [1.54, 1.807) is 10.2 Å². The molecule has 4 rings (SSSR count). The third-order valence-corrected chi connectivity index (χ3v) is 4.85. The minimum atomic E-state index is -0.00496. The van der Waals surface area contributed by atoms with E-state index in [0.29, 0.717) is 18.8 Å². The lowest BCUT2D eigenvalue weighted by Gasteiger charge is -2.34. The molecule has 0 saturated heterocycles. The molecule has 1 amide bonds. The average Bonchev–Trinajstić information content (AvgIpc) is 3.24. The minimum absolute atomic E-state index is 0.00496. The van der Waals surface area contributed by atoms with Gasteiger partial charge in [0, 0.05) is 37.6 Å². The van der Waals surface area contributed by atoms with Gasteiger partial charge in [0.2, 0.25) is 0 Å². The van der Waals surface area contributed by atoms with Gasteiger partial charge < -0.3 is 4.90 Å². The number of aromatic nitrogens is 3. The molecule has 0 spiro atoms. The van der Waals surface area contributed by atoms with Crippen LogP contribution in [0.1, 0.15) is 33.1 Å².